The van der Waals surface area contributed by atoms with Gasteiger partial charge in [0.1, 0.15) is 5.82 Å². The van der Waals surface area contributed by atoms with E-state index in [1.807, 2.05) is 4.90 Å². The zero-order valence-electron chi connectivity index (χ0n) is 18.3. The number of nitrogens with zero attached hydrogens (tertiary/aromatic N) is 3. The van der Waals surface area contributed by atoms with E-state index in [0.29, 0.717) is 31.7 Å². The molecule has 5 nitrogen and oxygen atoms in total. The number of benzene rings is 2. The van der Waals surface area contributed by atoms with Crippen molar-refractivity contribution in [2.75, 3.05) is 44.2 Å². The number of carbonyl (C=O) groups excluding carboxylic acids is 2. The standard InChI is InChI=1S/C25H30FN3O2/c1-18-5-3-7-23(19(18)2)27-13-15-28(16-14-27)25(31)21-6-4-12-29(17-21)24(30)20-8-10-22(26)11-9-20/h3,5,7-11,21H,4,6,12-17H2,1-2H3. The van der Waals surface area contributed by atoms with Crippen molar-refractivity contribution in [3.05, 3.63) is 65.0 Å². The second-order valence-corrected chi connectivity index (χ2v) is 8.63. The van der Waals surface area contributed by atoms with Gasteiger partial charge in [0.2, 0.25) is 5.91 Å². The van der Waals surface area contributed by atoms with Gasteiger partial charge in [0.05, 0.1) is 5.92 Å². The average molecular weight is 424 g/mol. The maximum atomic E-state index is 13.2. The van der Waals surface area contributed by atoms with Crippen LogP contribution in [-0.2, 0) is 4.79 Å². The molecule has 0 spiro atoms. The minimum Gasteiger partial charge on any atom is -0.368 e. The summed E-state index contributed by atoms with van der Waals surface area (Å²) in [6.45, 7) is 8.40. The van der Waals surface area contributed by atoms with Gasteiger partial charge in [-0.3, -0.25) is 9.59 Å². The summed E-state index contributed by atoms with van der Waals surface area (Å²) in [6.07, 6.45) is 1.62. The summed E-state index contributed by atoms with van der Waals surface area (Å²) < 4.78 is 13.2. The molecule has 2 aromatic rings. The Bertz CT molecular complexity index is 952. The Morgan fingerprint density at radius 1 is 0.903 bits per heavy atom. The number of rotatable bonds is 3. The van der Waals surface area contributed by atoms with Crippen molar-refractivity contribution >= 4 is 17.5 Å². The molecule has 0 aliphatic carbocycles. The number of hydrogen-bond acceptors (Lipinski definition) is 3. The van der Waals surface area contributed by atoms with E-state index in [4.69, 9.17) is 0 Å². The molecule has 0 aromatic heterocycles. The number of hydrogen-bond donors (Lipinski definition) is 0. The van der Waals surface area contributed by atoms with Crippen molar-refractivity contribution in [2.45, 2.75) is 26.7 Å². The van der Waals surface area contributed by atoms with Gasteiger partial charge in [-0.05, 0) is 68.1 Å². The van der Waals surface area contributed by atoms with Crippen LogP contribution in [0.4, 0.5) is 10.1 Å². The highest BCUT2D eigenvalue weighted by molar-refractivity contribution is 5.94. The average Bonchev–Trinajstić information content (AvgIpc) is 2.81. The molecule has 2 fully saturated rings. The molecular formula is C25H30FN3O2. The van der Waals surface area contributed by atoms with E-state index in [1.165, 1.54) is 41.1 Å². The fraction of sp³-hybridized carbons (Fsp3) is 0.440. The summed E-state index contributed by atoms with van der Waals surface area (Å²) >= 11 is 0. The molecule has 1 atom stereocenters. The lowest BCUT2D eigenvalue weighted by molar-refractivity contribution is -0.137. The SMILES string of the molecule is Cc1cccc(N2CCN(C(=O)C3CCCN(C(=O)c4ccc(F)cc4)C3)CC2)c1C. The number of amides is 2. The van der Waals surface area contributed by atoms with Gasteiger partial charge in [-0.15, -0.1) is 0 Å². The molecule has 4 rings (SSSR count). The molecule has 31 heavy (non-hydrogen) atoms. The number of halogens is 1. The molecule has 2 heterocycles. The summed E-state index contributed by atoms with van der Waals surface area (Å²) in [7, 11) is 0. The smallest absolute Gasteiger partial charge is 0.253 e. The van der Waals surface area contributed by atoms with Crippen molar-refractivity contribution in [1.29, 1.82) is 0 Å². The van der Waals surface area contributed by atoms with Crippen LogP contribution in [0.15, 0.2) is 42.5 Å². The predicted octanol–water partition coefficient (Wildman–Crippen LogP) is 3.64. The van der Waals surface area contributed by atoms with E-state index >= 15 is 0 Å². The Labute approximate surface area is 183 Å². The summed E-state index contributed by atoms with van der Waals surface area (Å²) in [5.41, 5.74) is 4.30. The monoisotopic (exact) mass is 423 g/mol. The van der Waals surface area contributed by atoms with Crippen molar-refractivity contribution in [2.24, 2.45) is 5.92 Å². The van der Waals surface area contributed by atoms with Crippen LogP contribution in [0.1, 0.15) is 34.3 Å². The van der Waals surface area contributed by atoms with Gasteiger partial charge < -0.3 is 14.7 Å². The van der Waals surface area contributed by atoms with E-state index in [1.54, 1.807) is 4.90 Å². The van der Waals surface area contributed by atoms with Crippen LogP contribution in [0.2, 0.25) is 0 Å². The van der Waals surface area contributed by atoms with Crippen LogP contribution in [0.5, 0.6) is 0 Å². The third kappa shape index (κ3) is 4.58. The Kier molecular flexibility index (Phi) is 6.25. The van der Waals surface area contributed by atoms with E-state index in [0.717, 1.165) is 25.9 Å². The first-order valence-electron chi connectivity index (χ1n) is 11.1. The van der Waals surface area contributed by atoms with Gasteiger partial charge in [-0.2, -0.15) is 0 Å². The van der Waals surface area contributed by atoms with Crippen LogP contribution in [0.25, 0.3) is 0 Å². The van der Waals surface area contributed by atoms with Crippen molar-refractivity contribution in [3.63, 3.8) is 0 Å². The van der Waals surface area contributed by atoms with Gasteiger partial charge in [0, 0.05) is 50.5 Å². The topological polar surface area (TPSA) is 43.9 Å². The Morgan fingerprint density at radius 2 is 1.61 bits per heavy atom. The molecule has 2 aliphatic rings. The largest absolute Gasteiger partial charge is 0.368 e. The number of aryl methyl sites for hydroxylation is 1. The molecule has 0 bridgehead atoms. The number of piperidine rings is 1. The molecule has 0 radical (unpaired) electrons. The zero-order valence-corrected chi connectivity index (χ0v) is 18.3. The highest BCUT2D eigenvalue weighted by Crippen LogP contribution is 2.26. The second-order valence-electron chi connectivity index (χ2n) is 8.63. The van der Waals surface area contributed by atoms with Crippen LogP contribution in [0.3, 0.4) is 0 Å². The van der Waals surface area contributed by atoms with Gasteiger partial charge in [-0.25, -0.2) is 4.39 Å². The fourth-order valence-electron chi connectivity index (χ4n) is 4.64. The number of likely N-dealkylation sites (tertiary alicyclic amines) is 1. The molecule has 2 saturated heterocycles. The van der Waals surface area contributed by atoms with E-state index in [9.17, 15) is 14.0 Å². The summed E-state index contributed by atoms with van der Waals surface area (Å²) in [5, 5.41) is 0. The quantitative estimate of drug-likeness (QED) is 0.757. The summed E-state index contributed by atoms with van der Waals surface area (Å²) in [5.74, 6) is -0.497. The maximum Gasteiger partial charge on any atom is 0.253 e. The number of anilines is 1. The first kappa shape index (κ1) is 21.3. The molecule has 0 saturated carbocycles. The molecule has 2 amide bonds. The van der Waals surface area contributed by atoms with Crippen LogP contribution in [-0.4, -0.2) is 60.9 Å². The van der Waals surface area contributed by atoms with E-state index < -0.39 is 0 Å². The summed E-state index contributed by atoms with van der Waals surface area (Å²) in [6, 6.07) is 12.0. The van der Waals surface area contributed by atoms with Crippen molar-refractivity contribution < 1.29 is 14.0 Å². The molecule has 164 valence electrons. The van der Waals surface area contributed by atoms with E-state index in [-0.39, 0.29) is 23.5 Å². The Balaban J connectivity index is 1.36. The third-order valence-electron chi connectivity index (χ3n) is 6.66. The highest BCUT2D eigenvalue weighted by atomic mass is 19.1. The van der Waals surface area contributed by atoms with Crippen molar-refractivity contribution in [3.8, 4) is 0 Å². The highest BCUT2D eigenvalue weighted by Gasteiger charge is 2.33. The first-order valence-corrected chi connectivity index (χ1v) is 11.1. The second kappa shape index (κ2) is 9.08. The fourth-order valence-corrected chi connectivity index (χ4v) is 4.64. The molecular weight excluding hydrogens is 393 g/mol. The normalized spacial score (nSPS) is 19.5. The summed E-state index contributed by atoms with van der Waals surface area (Å²) in [4.78, 5) is 32.0. The molecule has 0 N–H and O–H groups in total. The lowest BCUT2D eigenvalue weighted by Gasteiger charge is -2.40. The van der Waals surface area contributed by atoms with Crippen LogP contribution >= 0.6 is 0 Å². The molecule has 6 heteroatoms. The maximum absolute atomic E-state index is 13.2. The lowest BCUT2D eigenvalue weighted by Crippen LogP contribution is -2.53. The molecule has 1 unspecified atom stereocenters. The van der Waals surface area contributed by atoms with Crippen LogP contribution < -0.4 is 4.90 Å². The molecule has 2 aromatic carbocycles. The van der Waals surface area contributed by atoms with Gasteiger partial charge in [0.15, 0.2) is 0 Å². The number of piperazine rings is 1. The van der Waals surface area contributed by atoms with Crippen molar-refractivity contribution in [1.82, 2.24) is 9.80 Å². The van der Waals surface area contributed by atoms with Gasteiger partial charge in [0.25, 0.3) is 5.91 Å². The lowest BCUT2D eigenvalue weighted by atomic mass is 9.95. The Morgan fingerprint density at radius 3 is 2.32 bits per heavy atom. The predicted molar refractivity (Wildman–Crippen MR) is 120 cm³/mol. The zero-order chi connectivity index (χ0) is 22.0. The van der Waals surface area contributed by atoms with Gasteiger partial charge >= 0.3 is 0 Å². The van der Waals surface area contributed by atoms with Gasteiger partial charge in [-0.1, -0.05) is 12.1 Å². The van der Waals surface area contributed by atoms with E-state index in [2.05, 4.69) is 36.9 Å². The Hall–Kier alpha value is -2.89. The minimum absolute atomic E-state index is 0.128. The number of carbonyl (C=O) groups is 2. The minimum atomic E-state index is -0.358. The molecule has 2 aliphatic heterocycles. The van der Waals surface area contributed by atoms with Crippen LogP contribution in [0, 0.1) is 25.6 Å². The first-order chi connectivity index (χ1) is 14.9. The third-order valence-corrected chi connectivity index (χ3v) is 6.66.